The quantitative estimate of drug-likeness (QED) is 0.550. The van der Waals surface area contributed by atoms with E-state index in [-0.39, 0.29) is 36.5 Å². The molecule has 0 unspecified atom stereocenters. The van der Waals surface area contributed by atoms with E-state index in [0.717, 1.165) is 0 Å². The van der Waals surface area contributed by atoms with Gasteiger partial charge in [0.15, 0.2) is 0 Å². The second-order valence-electron chi connectivity index (χ2n) is 0. The SMILES string of the molecule is [Mn].[O]=[Sb].[Ru]. The number of rotatable bonds is 0. The summed E-state index contributed by atoms with van der Waals surface area (Å²) >= 11 is 0.500. The molecule has 0 aliphatic rings. The third-order valence-corrected chi connectivity index (χ3v) is 0. The minimum atomic E-state index is 0. The minimum absolute atomic E-state index is 0. The van der Waals surface area contributed by atoms with E-state index in [1.165, 1.54) is 0 Å². The maximum absolute atomic E-state index is 8.30. The van der Waals surface area contributed by atoms with Crippen LogP contribution < -0.4 is 0 Å². The first-order chi connectivity index (χ1) is 1.00. The van der Waals surface area contributed by atoms with Gasteiger partial charge in [0.25, 0.3) is 0 Å². The van der Waals surface area contributed by atoms with E-state index >= 15 is 0 Å². The molecular weight excluding hydrogens is 294 g/mol. The molecule has 0 aromatic heterocycles. The normalized spacial score (nSPS) is 1.00. The van der Waals surface area contributed by atoms with Gasteiger partial charge in [-0.2, -0.15) is 0 Å². The first-order valence-electron chi connectivity index (χ1n) is 0.183. The van der Waals surface area contributed by atoms with Crippen molar-refractivity contribution >= 4 is 23.0 Å². The van der Waals surface area contributed by atoms with E-state index in [1.54, 1.807) is 0 Å². The molecule has 0 spiro atoms. The third kappa shape index (κ3) is 9.25. The Morgan fingerprint density at radius 3 is 1.25 bits per heavy atom. The fraction of sp³-hybridized carbons (Fsp3) is 0. The van der Waals surface area contributed by atoms with Crippen molar-refractivity contribution < 1.29 is 39.6 Å². The summed E-state index contributed by atoms with van der Waals surface area (Å²) in [4.78, 5) is 0. The summed E-state index contributed by atoms with van der Waals surface area (Å²) in [6.45, 7) is 0. The van der Waals surface area contributed by atoms with E-state index in [9.17, 15) is 0 Å². The van der Waals surface area contributed by atoms with E-state index in [2.05, 4.69) is 0 Å². The van der Waals surface area contributed by atoms with Crippen molar-refractivity contribution in [3.8, 4) is 0 Å². The van der Waals surface area contributed by atoms with E-state index in [4.69, 9.17) is 3.02 Å². The van der Waals surface area contributed by atoms with Crippen LogP contribution in [0.4, 0.5) is 0 Å². The third-order valence-electron chi connectivity index (χ3n) is 0. The standard InChI is InChI=1S/Mn.O.Ru.Sb. The molecule has 0 fully saturated rings. The Balaban J connectivity index is -0.00000000500. The van der Waals surface area contributed by atoms with Gasteiger partial charge in [0.2, 0.25) is 0 Å². The molecular formula is MnORuSb. The minimum Gasteiger partial charge on any atom is 0 e. The van der Waals surface area contributed by atoms with Gasteiger partial charge in [-0.1, -0.05) is 0 Å². The second-order valence-corrected chi connectivity index (χ2v) is 0. The predicted molar refractivity (Wildman–Crippen MR) is 6.44 cm³/mol. The van der Waals surface area contributed by atoms with Gasteiger partial charge in [0.1, 0.15) is 0 Å². The second kappa shape index (κ2) is 21.7. The van der Waals surface area contributed by atoms with Crippen LogP contribution in [-0.4, -0.2) is 23.0 Å². The molecule has 0 aromatic carbocycles. The molecule has 0 aromatic rings. The molecule has 2 radical (unpaired) electrons. The van der Waals surface area contributed by atoms with Crippen molar-refractivity contribution in [1.29, 1.82) is 0 Å². The zero-order valence-electron chi connectivity index (χ0n) is 1.59. The van der Waals surface area contributed by atoms with Gasteiger partial charge >= 0.3 is 26.0 Å². The van der Waals surface area contributed by atoms with Crippen LogP contribution in [0.2, 0.25) is 0 Å². The van der Waals surface area contributed by atoms with Crippen LogP contribution in [-0.2, 0) is 39.6 Å². The molecule has 0 saturated carbocycles. The average Bonchev–Trinajstić information content (AvgIpc) is 1.00. The van der Waals surface area contributed by atoms with Crippen molar-refractivity contribution in [2.45, 2.75) is 0 Å². The Morgan fingerprint density at radius 2 is 1.25 bits per heavy atom. The molecule has 0 rings (SSSR count). The molecule has 0 aliphatic carbocycles. The van der Waals surface area contributed by atoms with Crippen molar-refractivity contribution in [2.75, 3.05) is 0 Å². The zero-order chi connectivity index (χ0) is 2.00. The summed E-state index contributed by atoms with van der Waals surface area (Å²) in [7, 11) is 0. The fourth-order valence-electron chi connectivity index (χ4n) is 0. The summed E-state index contributed by atoms with van der Waals surface area (Å²) in [5, 5.41) is 0. The van der Waals surface area contributed by atoms with Crippen LogP contribution in [0, 0.1) is 0 Å². The van der Waals surface area contributed by atoms with Gasteiger partial charge in [0.05, 0.1) is 0 Å². The van der Waals surface area contributed by atoms with Crippen molar-refractivity contribution in [1.82, 2.24) is 0 Å². The maximum Gasteiger partial charge on any atom is 0 e. The van der Waals surface area contributed by atoms with Crippen LogP contribution in [0.3, 0.4) is 0 Å². The Kier molecular flexibility index (Phi) is 93.0. The molecule has 26 valence electrons. The summed E-state index contributed by atoms with van der Waals surface area (Å²) in [5.74, 6) is 0. The van der Waals surface area contributed by atoms with Crippen LogP contribution in [0.25, 0.3) is 0 Å². The van der Waals surface area contributed by atoms with E-state index < -0.39 is 0 Å². The topological polar surface area (TPSA) is 17.1 Å². The molecule has 4 heteroatoms. The molecule has 0 saturated heterocycles. The largest absolute Gasteiger partial charge is 0 e. The molecule has 1 nitrogen and oxygen atoms in total. The van der Waals surface area contributed by atoms with Crippen LogP contribution in [0.1, 0.15) is 0 Å². The van der Waals surface area contributed by atoms with Crippen LogP contribution in [0.15, 0.2) is 0 Å². The number of hydrogen-bond donors (Lipinski definition) is 0. The van der Waals surface area contributed by atoms with Crippen molar-refractivity contribution in [2.24, 2.45) is 0 Å². The van der Waals surface area contributed by atoms with E-state index in [1.807, 2.05) is 0 Å². The average molecular weight is 294 g/mol. The van der Waals surface area contributed by atoms with Gasteiger partial charge < -0.3 is 0 Å². The molecule has 0 amide bonds. The Bertz CT molecular complexity index is 8.00. The van der Waals surface area contributed by atoms with Crippen LogP contribution in [0.5, 0.6) is 0 Å². The molecule has 0 aliphatic heterocycles. The fourth-order valence-corrected chi connectivity index (χ4v) is 0. The summed E-state index contributed by atoms with van der Waals surface area (Å²) < 4.78 is 8.30. The zero-order valence-corrected chi connectivity index (χ0v) is 7.06. The Labute approximate surface area is 62.0 Å². The Hall–Kier alpha value is 1.76. The summed E-state index contributed by atoms with van der Waals surface area (Å²) in [6.07, 6.45) is 0. The number of hydrogen-bond acceptors (Lipinski definition) is 1. The Morgan fingerprint density at radius 1 is 1.25 bits per heavy atom. The van der Waals surface area contributed by atoms with E-state index in [0.29, 0.717) is 23.0 Å². The molecule has 4 heavy (non-hydrogen) atoms. The van der Waals surface area contributed by atoms with Crippen molar-refractivity contribution in [3.05, 3.63) is 0 Å². The predicted octanol–water partition coefficient (Wildman–Crippen LogP) is -0.505. The smallest absolute Gasteiger partial charge is 0 e. The molecule has 0 atom stereocenters. The van der Waals surface area contributed by atoms with Crippen LogP contribution >= 0.6 is 0 Å². The first-order valence-corrected chi connectivity index (χ1v) is 1.22. The van der Waals surface area contributed by atoms with Gasteiger partial charge in [-0.25, -0.2) is 0 Å². The molecule has 0 N–H and O–H groups in total. The summed E-state index contributed by atoms with van der Waals surface area (Å²) in [5.41, 5.74) is 0. The monoisotopic (exact) mass is 294 g/mol. The van der Waals surface area contributed by atoms with Gasteiger partial charge in [-0.15, -0.1) is 0 Å². The van der Waals surface area contributed by atoms with Gasteiger partial charge in [0, 0.05) is 36.5 Å². The molecule has 0 bridgehead atoms. The van der Waals surface area contributed by atoms with Gasteiger partial charge in [-0.3, -0.25) is 0 Å². The maximum atomic E-state index is 8.30. The first kappa shape index (κ1) is 17.1. The van der Waals surface area contributed by atoms with Crippen molar-refractivity contribution in [3.63, 3.8) is 0 Å². The summed E-state index contributed by atoms with van der Waals surface area (Å²) in [6, 6.07) is 0. The molecule has 0 heterocycles. The van der Waals surface area contributed by atoms with Gasteiger partial charge in [-0.05, 0) is 0 Å².